The molecule has 4 aromatic heterocycles. The number of fused-ring (bicyclic) bond motifs is 14. The first-order chi connectivity index (χ1) is 35.2. The number of benzene rings is 11. The third-order valence-electron chi connectivity index (χ3n) is 14.2. The highest BCUT2D eigenvalue weighted by Crippen LogP contribution is 2.47. The predicted octanol–water partition coefficient (Wildman–Crippen LogP) is 17.9. The summed E-state index contributed by atoms with van der Waals surface area (Å²) in [5, 5.41) is 12.0. The van der Waals surface area contributed by atoms with Gasteiger partial charge in [0, 0.05) is 75.0 Å². The van der Waals surface area contributed by atoms with Crippen LogP contribution in [0.3, 0.4) is 0 Å². The molecular weight excluding hydrogens is 885 g/mol. The van der Waals surface area contributed by atoms with Gasteiger partial charge in [0.2, 0.25) is 0 Å². The van der Waals surface area contributed by atoms with Crippen molar-refractivity contribution < 1.29 is 4.42 Å². The van der Waals surface area contributed by atoms with E-state index in [0.29, 0.717) is 17.5 Å². The number of nitrogens with zero attached hydrogens (tertiary/aromatic N) is 4. The van der Waals surface area contributed by atoms with Crippen LogP contribution in [0.15, 0.2) is 235 Å². The lowest BCUT2D eigenvalue weighted by Gasteiger charge is -2.15. The Labute approximate surface area is 411 Å². The monoisotopic (exact) mass is 922 g/mol. The van der Waals surface area contributed by atoms with E-state index in [9.17, 15) is 0 Å². The molecule has 0 radical (unpaired) electrons. The van der Waals surface area contributed by atoms with E-state index in [4.69, 9.17) is 19.4 Å². The number of para-hydroxylation sites is 2. The fourth-order valence-electron chi connectivity index (χ4n) is 11.1. The molecule has 15 aromatic rings. The van der Waals surface area contributed by atoms with Crippen molar-refractivity contribution in [1.29, 1.82) is 0 Å². The zero-order valence-electron chi connectivity index (χ0n) is 38.0. The Kier molecular flexibility index (Phi) is 8.76. The average molecular weight is 923 g/mol. The molecule has 15 rings (SSSR count). The third kappa shape index (κ3) is 6.22. The fraction of sp³-hybridized carbons (Fsp3) is 0. The van der Waals surface area contributed by atoms with E-state index >= 15 is 0 Å². The number of thiophene rings is 1. The second kappa shape index (κ2) is 15.7. The van der Waals surface area contributed by atoms with E-state index in [1.54, 1.807) is 0 Å². The van der Waals surface area contributed by atoms with Gasteiger partial charge in [-0.25, -0.2) is 15.0 Å². The van der Waals surface area contributed by atoms with Gasteiger partial charge in [-0.15, -0.1) is 11.3 Å². The summed E-state index contributed by atoms with van der Waals surface area (Å²) in [5.41, 5.74) is 12.3. The molecule has 0 aliphatic heterocycles. The van der Waals surface area contributed by atoms with Crippen LogP contribution in [0.4, 0.5) is 0 Å². The van der Waals surface area contributed by atoms with E-state index in [-0.39, 0.29) is 0 Å². The van der Waals surface area contributed by atoms with Crippen molar-refractivity contribution in [2.24, 2.45) is 0 Å². The molecule has 0 unspecified atom stereocenters. The molecule has 0 aliphatic rings. The zero-order chi connectivity index (χ0) is 46.6. The van der Waals surface area contributed by atoms with E-state index in [2.05, 4.69) is 193 Å². The van der Waals surface area contributed by atoms with Crippen LogP contribution in [0.1, 0.15) is 0 Å². The summed E-state index contributed by atoms with van der Waals surface area (Å²) in [6, 6.07) is 82.4. The molecule has 0 saturated carbocycles. The molecule has 11 aromatic carbocycles. The minimum absolute atomic E-state index is 0.573. The quantitative estimate of drug-likeness (QED) is 0.156. The molecule has 0 amide bonds. The molecular formula is C65H38N4OS. The second-order valence-corrected chi connectivity index (χ2v) is 19.3. The molecule has 71 heavy (non-hydrogen) atoms. The highest BCUT2D eigenvalue weighted by atomic mass is 32.1. The SMILES string of the molecule is c1ccc(-c2nc(-c3cccc(-n4c5c(-c6cccc(-c7cccc8sc9ccccc9c78)c6)cccc5c5c6ccccc6c6ccccc6c54)c3)nc(-c3ccc4c(c3)oc3ccccc34)n2)cc1. The van der Waals surface area contributed by atoms with Gasteiger partial charge in [0.15, 0.2) is 17.5 Å². The van der Waals surface area contributed by atoms with Crippen molar-refractivity contribution in [2.45, 2.75) is 0 Å². The van der Waals surface area contributed by atoms with Crippen LogP contribution in [0.25, 0.3) is 148 Å². The largest absolute Gasteiger partial charge is 0.456 e. The molecule has 0 fully saturated rings. The maximum absolute atomic E-state index is 6.35. The molecule has 4 heterocycles. The molecule has 6 heteroatoms. The Balaban J connectivity index is 0.978. The average Bonchev–Trinajstić information content (AvgIpc) is 4.13. The van der Waals surface area contributed by atoms with Gasteiger partial charge in [0.05, 0.1) is 11.0 Å². The molecule has 0 saturated heterocycles. The van der Waals surface area contributed by atoms with Gasteiger partial charge < -0.3 is 8.98 Å². The molecule has 0 bridgehead atoms. The summed E-state index contributed by atoms with van der Waals surface area (Å²) in [5.74, 6) is 1.76. The van der Waals surface area contributed by atoms with Gasteiger partial charge in [0.1, 0.15) is 11.2 Å². The van der Waals surface area contributed by atoms with Gasteiger partial charge in [-0.1, -0.05) is 182 Å². The number of rotatable bonds is 6. The first-order valence-corrected chi connectivity index (χ1v) is 24.7. The zero-order valence-corrected chi connectivity index (χ0v) is 38.9. The summed E-state index contributed by atoms with van der Waals surface area (Å²) in [6.45, 7) is 0. The fourth-order valence-corrected chi connectivity index (χ4v) is 12.2. The highest BCUT2D eigenvalue weighted by Gasteiger charge is 2.23. The van der Waals surface area contributed by atoms with Crippen LogP contribution < -0.4 is 0 Å². The Morgan fingerprint density at radius 1 is 0.310 bits per heavy atom. The van der Waals surface area contributed by atoms with Gasteiger partial charge >= 0.3 is 0 Å². The normalized spacial score (nSPS) is 11.9. The lowest BCUT2D eigenvalue weighted by Crippen LogP contribution is -2.01. The summed E-state index contributed by atoms with van der Waals surface area (Å²) in [4.78, 5) is 15.6. The molecule has 0 atom stereocenters. The second-order valence-electron chi connectivity index (χ2n) is 18.2. The van der Waals surface area contributed by atoms with Gasteiger partial charge in [-0.2, -0.15) is 0 Å². The van der Waals surface area contributed by atoms with Crippen molar-refractivity contribution in [1.82, 2.24) is 19.5 Å². The van der Waals surface area contributed by atoms with Crippen LogP contribution in [0.2, 0.25) is 0 Å². The van der Waals surface area contributed by atoms with E-state index < -0.39 is 0 Å². The van der Waals surface area contributed by atoms with Crippen molar-refractivity contribution in [3.63, 3.8) is 0 Å². The maximum Gasteiger partial charge on any atom is 0.164 e. The van der Waals surface area contributed by atoms with Gasteiger partial charge in [-0.05, 0) is 81.4 Å². The molecule has 330 valence electrons. The highest BCUT2D eigenvalue weighted by molar-refractivity contribution is 7.25. The lowest BCUT2D eigenvalue weighted by molar-refractivity contribution is 0.669. The van der Waals surface area contributed by atoms with Crippen molar-refractivity contribution in [2.75, 3.05) is 0 Å². The first kappa shape index (κ1) is 39.7. The smallest absolute Gasteiger partial charge is 0.164 e. The van der Waals surface area contributed by atoms with Crippen LogP contribution in [-0.4, -0.2) is 19.5 Å². The molecule has 0 aliphatic carbocycles. The number of hydrogen-bond donors (Lipinski definition) is 0. The van der Waals surface area contributed by atoms with E-state index in [0.717, 1.165) is 66.5 Å². The number of hydrogen-bond acceptors (Lipinski definition) is 5. The minimum atomic E-state index is 0.573. The van der Waals surface area contributed by atoms with Crippen molar-refractivity contribution in [3.8, 4) is 62.1 Å². The summed E-state index contributed by atoms with van der Waals surface area (Å²) in [7, 11) is 0. The van der Waals surface area contributed by atoms with Crippen molar-refractivity contribution >= 4 is 96.8 Å². The maximum atomic E-state index is 6.35. The molecule has 0 spiro atoms. The van der Waals surface area contributed by atoms with Crippen molar-refractivity contribution in [3.05, 3.63) is 231 Å². The Morgan fingerprint density at radius 3 is 1.69 bits per heavy atom. The number of aromatic nitrogens is 4. The van der Waals surface area contributed by atoms with Crippen LogP contribution in [0, 0.1) is 0 Å². The Hall–Kier alpha value is -9.23. The van der Waals surface area contributed by atoms with Gasteiger partial charge in [0.25, 0.3) is 0 Å². The Bertz CT molecular complexity index is 4660. The summed E-state index contributed by atoms with van der Waals surface area (Å²) >= 11 is 1.86. The van der Waals surface area contributed by atoms with E-state index in [1.165, 1.54) is 63.6 Å². The van der Waals surface area contributed by atoms with E-state index in [1.807, 2.05) is 53.8 Å². The van der Waals surface area contributed by atoms with Gasteiger partial charge in [-0.3, -0.25) is 0 Å². The van der Waals surface area contributed by atoms with Crippen LogP contribution >= 0.6 is 11.3 Å². The first-order valence-electron chi connectivity index (χ1n) is 23.9. The summed E-state index contributed by atoms with van der Waals surface area (Å²) in [6.07, 6.45) is 0. The molecule has 5 nitrogen and oxygen atoms in total. The third-order valence-corrected chi connectivity index (χ3v) is 15.3. The molecule has 0 N–H and O–H groups in total. The predicted molar refractivity (Wildman–Crippen MR) is 297 cm³/mol. The topological polar surface area (TPSA) is 56.7 Å². The lowest BCUT2D eigenvalue weighted by atomic mass is 9.94. The minimum Gasteiger partial charge on any atom is -0.456 e. The standard InChI is InChI=1S/C65H38N4OS/c1-2-16-39(17-3-1)63-66-64(68-65(67-63)43-34-35-50-49-24-8-10-31-55(49)70-56(50)38-43)42-20-13-21-44(37-42)69-61-46(29-14-30-54(61)60-51-25-6-4-22-47(51)48-23-5-7-26-52(48)62(60)69)41-19-12-18-40(36-41)45-28-15-33-58-59(45)53-27-9-11-32-57(53)71-58/h1-38H. The summed E-state index contributed by atoms with van der Waals surface area (Å²) < 4.78 is 11.4. The number of furan rings is 1. The Morgan fingerprint density at radius 2 is 0.859 bits per heavy atom. The van der Waals surface area contributed by atoms with Crippen LogP contribution in [-0.2, 0) is 0 Å². The van der Waals surface area contributed by atoms with Crippen LogP contribution in [0.5, 0.6) is 0 Å².